The molecule has 1 aliphatic rings. The standard InChI is InChI=1S/C24H21NO/c1-15-8-11-18(12-9-15)14-25-21-13-10-16(2)22-17(3)19-6-4-5-7-20(19)24(26)23(21)22/h4-13,25H,3,14H2,1-2H3. The van der Waals surface area contributed by atoms with E-state index in [2.05, 4.69) is 49.2 Å². The van der Waals surface area contributed by atoms with E-state index in [0.717, 1.165) is 39.1 Å². The third-order valence-corrected chi connectivity index (χ3v) is 5.04. The third kappa shape index (κ3) is 2.64. The van der Waals surface area contributed by atoms with Gasteiger partial charge in [0.25, 0.3) is 0 Å². The van der Waals surface area contributed by atoms with Crippen molar-refractivity contribution in [3.8, 4) is 0 Å². The summed E-state index contributed by atoms with van der Waals surface area (Å²) in [4.78, 5) is 13.2. The summed E-state index contributed by atoms with van der Waals surface area (Å²) in [5.41, 5.74) is 8.66. The molecule has 0 radical (unpaired) electrons. The van der Waals surface area contributed by atoms with Gasteiger partial charge in [-0.3, -0.25) is 4.79 Å². The number of anilines is 1. The third-order valence-electron chi connectivity index (χ3n) is 5.04. The van der Waals surface area contributed by atoms with Crippen LogP contribution < -0.4 is 5.32 Å². The van der Waals surface area contributed by atoms with Crippen LogP contribution in [0.15, 0.2) is 67.2 Å². The van der Waals surface area contributed by atoms with E-state index < -0.39 is 0 Å². The summed E-state index contributed by atoms with van der Waals surface area (Å²) in [5, 5.41) is 3.46. The van der Waals surface area contributed by atoms with Crippen molar-refractivity contribution in [2.75, 3.05) is 5.32 Å². The number of carbonyl (C=O) groups excluding carboxylic acids is 1. The van der Waals surface area contributed by atoms with Crippen molar-refractivity contribution in [2.45, 2.75) is 20.4 Å². The summed E-state index contributed by atoms with van der Waals surface area (Å²) in [5.74, 6) is 0.0677. The van der Waals surface area contributed by atoms with Gasteiger partial charge in [0.2, 0.25) is 0 Å². The predicted molar refractivity (Wildman–Crippen MR) is 108 cm³/mol. The van der Waals surface area contributed by atoms with Gasteiger partial charge in [0.05, 0.1) is 5.56 Å². The van der Waals surface area contributed by atoms with Crippen LogP contribution in [-0.2, 0) is 6.54 Å². The molecule has 2 heteroatoms. The minimum absolute atomic E-state index is 0.0677. The summed E-state index contributed by atoms with van der Waals surface area (Å²) in [6, 6.07) is 20.2. The number of fused-ring (bicyclic) bond motifs is 2. The van der Waals surface area contributed by atoms with Gasteiger partial charge in [-0.05, 0) is 47.7 Å². The van der Waals surface area contributed by atoms with Crippen molar-refractivity contribution >= 4 is 17.0 Å². The van der Waals surface area contributed by atoms with Crippen molar-refractivity contribution in [3.05, 3.63) is 106 Å². The number of rotatable bonds is 3. The molecule has 3 aromatic rings. The summed E-state index contributed by atoms with van der Waals surface area (Å²) in [6.45, 7) is 9.07. The highest BCUT2D eigenvalue weighted by Gasteiger charge is 2.29. The van der Waals surface area contributed by atoms with Gasteiger partial charge < -0.3 is 5.32 Å². The monoisotopic (exact) mass is 339 g/mol. The van der Waals surface area contributed by atoms with E-state index in [9.17, 15) is 4.79 Å². The topological polar surface area (TPSA) is 29.1 Å². The molecule has 0 unspecified atom stereocenters. The average Bonchev–Trinajstić information content (AvgIpc) is 2.66. The smallest absolute Gasteiger partial charge is 0.196 e. The molecule has 3 aromatic carbocycles. The Bertz CT molecular complexity index is 1030. The first-order chi connectivity index (χ1) is 12.6. The predicted octanol–water partition coefficient (Wildman–Crippen LogP) is 5.52. The summed E-state index contributed by atoms with van der Waals surface area (Å²) in [6.07, 6.45) is 0. The molecule has 128 valence electrons. The van der Waals surface area contributed by atoms with E-state index in [0.29, 0.717) is 6.54 Å². The van der Waals surface area contributed by atoms with Crippen LogP contribution in [0.5, 0.6) is 0 Å². The Balaban J connectivity index is 1.75. The molecule has 0 aromatic heterocycles. The van der Waals surface area contributed by atoms with Crippen LogP contribution >= 0.6 is 0 Å². The summed E-state index contributed by atoms with van der Waals surface area (Å²) < 4.78 is 0. The zero-order valence-corrected chi connectivity index (χ0v) is 15.1. The number of hydrogen-bond acceptors (Lipinski definition) is 2. The summed E-state index contributed by atoms with van der Waals surface area (Å²) >= 11 is 0. The van der Waals surface area contributed by atoms with Gasteiger partial charge in [-0.15, -0.1) is 0 Å². The van der Waals surface area contributed by atoms with Crippen molar-refractivity contribution in [1.29, 1.82) is 0 Å². The maximum absolute atomic E-state index is 13.2. The highest BCUT2D eigenvalue weighted by Crippen LogP contribution is 2.39. The lowest BCUT2D eigenvalue weighted by molar-refractivity contribution is 0.103. The first-order valence-electron chi connectivity index (χ1n) is 8.82. The van der Waals surface area contributed by atoms with Crippen molar-refractivity contribution in [2.24, 2.45) is 0 Å². The Morgan fingerprint density at radius 3 is 2.27 bits per heavy atom. The van der Waals surface area contributed by atoms with Crippen molar-refractivity contribution < 1.29 is 4.79 Å². The van der Waals surface area contributed by atoms with Crippen LogP contribution in [0.25, 0.3) is 5.57 Å². The lowest BCUT2D eigenvalue weighted by atomic mass is 9.79. The molecule has 2 nitrogen and oxygen atoms in total. The van der Waals surface area contributed by atoms with E-state index in [4.69, 9.17) is 0 Å². The second-order valence-electron chi connectivity index (χ2n) is 6.87. The average molecular weight is 339 g/mol. The SMILES string of the molecule is C=C1c2ccccc2C(=O)c2c(NCc3ccc(C)cc3)ccc(C)c21. The second-order valence-corrected chi connectivity index (χ2v) is 6.87. The number of nitrogens with one attached hydrogen (secondary N) is 1. The normalized spacial score (nSPS) is 12.5. The van der Waals surface area contributed by atoms with Gasteiger partial charge in [0, 0.05) is 17.8 Å². The Morgan fingerprint density at radius 2 is 1.54 bits per heavy atom. The van der Waals surface area contributed by atoms with Gasteiger partial charge >= 0.3 is 0 Å². The molecule has 0 fully saturated rings. The Morgan fingerprint density at radius 1 is 0.846 bits per heavy atom. The van der Waals surface area contributed by atoms with Crippen LogP contribution in [-0.4, -0.2) is 5.78 Å². The van der Waals surface area contributed by atoms with Gasteiger partial charge in [-0.1, -0.05) is 66.7 Å². The first kappa shape index (κ1) is 16.3. The number of benzene rings is 3. The van der Waals surface area contributed by atoms with Gasteiger partial charge in [0.1, 0.15) is 0 Å². The molecule has 0 spiro atoms. The van der Waals surface area contributed by atoms with Crippen molar-refractivity contribution in [1.82, 2.24) is 0 Å². The van der Waals surface area contributed by atoms with E-state index in [-0.39, 0.29) is 5.78 Å². The lowest BCUT2D eigenvalue weighted by Gasteiger charge is -2.25. The maximum Gasteiger partial charge on any atom is 0.196 e. The fourth-order valence-corrected chi connectivity index (χ4v) is 3.60. The quantitative estimate of drug-likeness (QED) is 0.532. The first-order valence-corrected chi connectivity index (χ1v) is 8.82. The van der Waals surface area contributed by atoms with Gasteiger partial charge in [0.15, 0.2) is 5.78 Å². The number of carbonyl (C=O) groups is 1. The molecule has 0 atom stereocenters. The van der Waals surface area contributed by atoms with E-state index in [1.807, 2.05) is 37.3 Å². The Labute approximate surface area is 154 Å². The van der Waals surface area contributed by atoms with Gasteiger partial charge in [-0.25, -0.2) is 0 Å². The van der Waals surface area contributed by atoms with Crippen LogP contribution in [0.3, 0.4) is 0 Å². The molecule has 0 aliphatic heterocycles. The van der Waals surface area contributed by atoms with E-state index >= 15 is 0 Å². The molecular weight excluding hydrogens is 318 g/mol. The molecule has 0 saturated carbocycles. The largest absolute Gasteiger partial charge is 0.380 e. The van der Waals surface area contributed by atoms with Gasteiger partial charge in [-0.2, -0.15) is 0 Å². The lowest BCUT2D eigenvalue weighted by Crippen LogP contribution is -2.18. The van der Waals surface area contributed by atoms with E-state index in [1.54, 1.807) is 0 Å². The fourth-order valence-electron chi connectivity index (χ4n) is 3.60. The Hall–Kier alpha value is -3.13. The highest BCUT2D eigenvalue weighted by atomic mass is 16.1. The molecule has 1 N–H and O–H groups in total. The van der Waals surface area contributed by atoms with Crippen LogP contribution in [0.1, 0.15) is 43.7 Å². The second kappa shape index (κ2) is 6.30. The zero-order chi connectivity index (χ0) is 18.3. The van der Waals surface area contributed by atoms with Crippen LogP contribution in [0.2, 0.25) is 0 Å². The molecule has 26 heavy (non-hydrogen) atoms. The fraction of sp³-hybridized carbons (Fsp3) is 0.125. The molecule has 4 rings (SSSR count). The van der Waals surface area contributed by atoms with E-state index in [1.165, 1.54) is 11.1 Å². The minimum Gasteiger partial charge on any atom is -0.380 e. The number of hydrogen-bond donors (Lipinski definition) is 1. The molecular formula is C24H21NO. The van der Waals surface area contributed by atoms with Crippen LogP contribution in [0, 0.1) is 13.8 Å². The van der Waals surface area contributed by atoms with Crippen molar-refractivity contribution in [3.63, 3.8) is 0 Å². The molecule has 0 amide bonds. The highest BCUT2D eigenvalue weighted by molar-refractivity contribution is 6.21. The molecule has 0 heterocycles. The molecule has 1 aliphatic carbocycles. The number of ketones is 1. The van der Waals surface area contributed by atoms with Crippen LogP contribution in [0.4, 0.5) is 5.69 Å². The Kier molecular flexibility index (Phi) is 3.96. The zero-order valence-electron chi connectivity index (χ0n) is 15.1. The number of aryl methyl sites for hydroxylation is 2. The summed E-state index contributed by atoms with van der Waals surface area (Å²) in [7, 11) is 0. The molecule has 0 saturated heterocycles. The molecule has 0 bridgehead atoms. The minimum atomic E-state index is 0.0677. The maximum atomic E-state index is 13.2.